The van der Waals surface area contributed by atoms with Crippen LogP contribution in [0.25, 0.3) is 11.1 Å². The molecule has 0 aliphatic carbocycles. The van der Waals surface area contributed by atoms with Crippen molar-refractivity contribution in [1.82, 2.24) is 4.57 Å². The summed E-state index contributed by atoms with van der Waals surface area (Å²) in [4.78, 5) is 4.54. The third-order valence-corrected chi connectivity index (χ3v) is 4.73. The normalized spacial score (nSPS) is 15.3. The highest BCUT2D eigenvalue weighted by atomic mass is 16.6. The maximum atomic E-state index is 10.1. The van der Waals surface area contributed by atoms with Gasteiger partial charge in [0.2, 0.25) is 0 Å². The molecular weight excluding hydrogens is 338 g/mol. The van der Waals surface area contributed by atoms with Crippen LogP contribution < -0.4 is 0 Å². The molecule has 1 aliphatic rings. The van der Waals surface area contributed by atoms with Crippen LogP contribution in [-0.4, -0.2) is 35.0 Å². The van der Waals surface area contributed by atoms with Crippen molar-refractivity contribution >= 4 is 5.84 Å². The first-order valence-electron chi connectivity index (χ1n) is 9.30. The number of rotatable bonds is 5. The number of aliphatic hydroxyl groups excluding tert-OH is 1. The number of hydrogen-bond acceptors (Lipinski definition) is 4. The summed E-state index contributed by atoms with van der Waals surface area (Å²) in [5.41, 5.74) is 4.55. The molecule has 3 rings (SSSR count). The fourth-order valence-corrected chi connectivity index (χ4v) is 3.15. The summed E-state index contributed by atoms with van der Waals surface area (Å²) >= 11 is 0. The highest BCUT2D eigenvalue weighted by Crippen LogP contribution is 2.27. The van der Waals surface area contributed by atoms with E-state index in [2.05, 4.69) is 49.2 Å². The number of ether oxygens (including phenoxy) is 1. The molecule has 0 bridgehead atoms. The Bertz CT molecular complexity index is 899. The number of aromatic nitrogens is 1. The van der Waals surface area contributed by atoms with Gasteiger partial charge >= 0.3 is 0 Å². The summed E-state index contributed by atoms with van der Waals surface area (Å²) in [6.45, 7) is 7.21. The molecular formula is C22H25N3O2. The van der Waals surface area contributed by atoms with Crippen LogP contribution in [0.15, 0.2) is 53.3 Å². The van der Waals surface area contributed by atoms with Crippen molar-refractivity contribution < 1.29 is 9.84 Å². The van der Waals surface area contributed by atoms with Gasteiger partial charge in [-0.25, -0.2) is 0 Å². The molecule has 1 unspecified atom stereocenters. The fourth-order valence-electron chi connectivity index (χ4n) is 3.15. The number of aliphatic imine (C=N–C) groups is 1. The van der Waals surface area contributed by atoms with Crippen LogP contribution in [0, 0.1) is 11.3 Å². The first-order chi connectivity index (χ1) is 13.0. The number of dihydropyridines is 1. The second kappa shape index (κ2) is 8.34. The Morgan fingerprint density at radius 3 is 2.63 bits per heavy atom. The Hall–Kier alpha value is -2.68. The molecule has 1 aromatic heterocycles. The van der Waals surface area contributed by atoms with Crippen LogP contribution in [0.1, 0.15) is 44.2 Å². The summed E-state index contributed by atoms with van der Waals surface area (Å²) < 4.78 is 7.14. The smallest absolute Gasteiger partial charge is 0.177 e. The van der Waals surface area contributed by atoms with Gasteiger partial charge in [0.25, 0.3) is 0 Å². The zero-order chi connectivity index (χ0) is 19.4. The molecule has 2 heterocycles. The van der Waals surface area contributed by atoms with Gasteiger partial charge in [0.15, 0.2) is 6.29 Å². The zero-order valence-electron chi connectivity index (χ0n) is 16.0. The molecule has 27 heavy (non-hydrogen) atoms. The van der Waals surface area contributed by atoms with Crippen LogP contribution in [0.2, 0.25) is 0 Å². The lowest BCUT2D eigenvalue weighted by atomic mass is 9.99. The van der Waals surface area contributed by atoms with E-state index < -0.39 is 6.29 Å². The minimum atomic E-state index is -0.908. The number of allylic oxidation sites excluding steroid dienone is 1. The van der Waals surface area contributed by atoms with Crippen LogP contribution in [0.3, 0.4) is 0 Å². The maximum absolute atomic E-state index is 10.1. The Morgan fingerprint density at radius 1 is 1.26 bits per heavy atom. The van der Waals surface area contributed by atoms with E-state index in [4.69, 9.17) is 4.74 Å². The molecule has 0 fully saturated rings. The molecule has 0 spiro atoms. The van der Waals surface area contributed by atoms with Crippen molar-refractivity contribution in [2.45, 2.75) is 39.4 Å². The standard InChI is InChI=1S/C22H25N3O2/c1-4-27-22(26)18-9-10-24-21(11-18)25-13-19(12-23)20(14-25)17-7-5-16(6-8-17)15(2)3/h5-8,11,13-15,22,26H,4,9-10H2,1-3H3. The minimum absolute atomic E-state index is 0.448. The fraction of sp³-hybridized carbons (Fsp3) is 0.364. The van der Waals surface area contributed by atoms with Gasteiger partial charge < -0.3 is 14.4 Å². The molecule has 0 saturated heterocycles. The summed E-state index contributed by atoms with van der Waals surface area (Å²) in [7, 11) is 0. The van der Waals surface area contributed by atoms with Crippen molar-refractivity contribution in [1.29, 1.82) is 5.26 Å². The predicted molar refractivity (Wildman–Crippen MR) is 107 cm³/mol. The average molecular weight is 363 g/mol. The molecule has 5 nitrogen and oxygen atoms in total. The number of nitrogens with zero attached hydrogens (tertiary/aromatic N) is 3. The average Bonchev–Trinajstić information content (AvgIpc) is 3.13. The monoisotopic (exact) mass is 363 g/mol. The summed E-state index contributed by atoms with van der Waals surface area (Å²) in [6.07, 6.45) is 5.32. The van der Waals surface area contributed by atoms with Gasteiger partial charge in [0.1, 0.15) is 11.9 Å². The van der Waals surface area contributed by atoms with E-state index in [1.54, 1.807) is 6.20 Å². The molecule has 0 amide bonds. The number of benzene rings is 1. The first kappa shape index (κ1) is 19.1. The lowest BCUT2D eigenvalue weighted by molar-refractivity contribution is -0.0687. The third-order valence-electron chi connectivity index (χ3n) is 4.73. The van der Waals surface area contributed by atoms with Crippen LogP contribution in [0.5, 0.6) is 0 Å². The molecule has 1 atom stereocenters. The largest absolute Gasteiger partial charge is 0.364 e. The molecule has 140 valence electrons. The number of aliphatic hydroxyl groups is 1. The van der Waals surface area contributed by atoms with E-state index in [0.717, 1.165) is 16.7 Å². The van der Waals surface area contributed by atoms with Crippen LogP contribution in [-0.2, 0) is 4.74 Å². The zero-order valence-corrected chi connectivity index (χ0v) is 16.0. The number of nitriles is 1. The Kier molecular flexibility index (Phi) is 5.90. The van der Waals surface area contributed by atoms with E-state index >= 15 is 0 Å². The van der Waals surface area contributed by atoms with Crippen LogP contribution in [0.4, 0.5) is 0 Å². The molecule has 5 heteroatoms. The van der Waals surface area contributed by atoms with Gasteiger partial charge in [0.05, 0.1) is 5.56 Å². The molecule has 0 saturated carbocycles. The van der Waals surface area contributed by atoms with Gasteiger partial charge in [-0.15, -0.1) is 0 Å². The second-order valence-electron chi connectivity index (χ2n) is 6.90. The van der Waals surface area contributed by atoms with Crippen LogP contribution >= 0.6 is 0 Å². The highest BCUT2D eigenvalue weighted by Gasteiger charge is 2.17. The first-order valence-corrected chi connectivity index (χ1v) is 9.30. The van der Waals surface area contributed by atoms with Crippen molar-refractivity contribution in [2.24, 2.45) is 4.99 Å². The van der Waals surface area contributed by atoms with Gasteiger partial charge in [0, 0.05) is 31.1 Å². The summed E-state index contributed by atoms with van der Waals surface area (Å²) in [5.74, 6) is 1.17. The van der Waals surface area contributed by atoms with Crippen molar-refractivity contribution in [3.63, 3.8) is 0 Å². The van der Waals surface area contributed by atoms with Crippen molar-refractivity contribution in [3.05, 3.63) is 59.4 Å². The van der Waals surface area contributed by atoms with Gasteiger partial charge in [-0.2, -0.15) is 5.26 Å². The SMILES string of the molecule is CCOC(O)C1=CC(n2cc(C#N)c(-c3ccc(C(C)C)cc3)c2)=NCC1. The molecule has 1 aromatic carbocycles. The Morgan fingerprint density at radius 2 is 2.00 bits per heavy atom. The number of hydrogen-bond donors (Lipinski definition) is 1. The Balaban J connectivity index is 1.93. The lowest BCUT2D eigenvalue weighted by Gasteiger charge is -2.18. The van der Waals surface area contributed by atoms with Gasteiger partial charge in [-0.1, -0.05) is 38.1 Å². The van der Waals surface area contributed by atoms with E-state index in [1.807, 2.05) is 23.8 Å². The van der Waals surface area contributed by atoms with E-state index in [-0.39, 0.29) is 0 Å². The minimum Gasteiger partial charge on any atom is -0.364 e. The van der Waals surface area contributed by atoms with Crippen molar-refractivity contribution in [2.75, 3.05) is 13.2 Å². The predicted octanol–water partition coefficient (Wildman–Crippen LogP) is 4.08. The quantitative estimate of drug-likeness (QED) is 0.814. The van der Waals surface area contributed by atoms with E-state index in [9.17, 15) is 10.4 Å². The van der Waals surface area contributed by atoms with E-state index in [0.29, 0.717) is 36.9 Å². The summed E-state index contributed by atoms with van der Waals surface area (Å²) in [6, 6.07) is 10.6. The van der Waals surface area contributed by atoms with Gasteiger partial charge in [-0.05, 0) is 42.0 Å². The van der Waals surface area contributed by atoms with Gasteiger partial charge in [-0.3, -0.25) is 4.99 Å². The maximum Gasteiger partial charge on any atom is 0.177 e. The topological polar surface area (TPSA) is 70.5 Å². The third kappa shape index (κ3) is 4.19. The second-order valence-corrected chi connectivity index (χ2v) is 6.90. The van der Waals surface area contributed by atoms with E-state index in [1.165, 1.54) is 5.56 Å². The summed E-state index contributed by atoms with van der Waals surface area (Å²) in [5, 5.41) is 19.7. The molecule has 1 N–H and O–H groups in total. The highest BCUT2D eigenvalue weighted by molar-refractivity contribution is 5.97. The lowest BCUT2D eigenvalue weighted by Crippen LogP contribution is -2.21. The Labute approximate surface area is 160 Å². The molecule has 0 radical (unpaired) electrons. The molecule has 2 aromatic rings. The molecule has 1 aliphatic heterocycles. The van der Waals surface area contributed by atoms with Crippen molar-refractivity contribution in [3.8, 4) is 17.2 Å².